The Morgan fingerprint density at radius 2 is 1.38 bits per heavy atom. The van der Waals surface area contributed by atoms with E-state index >= 15 is 0 Å². The molecular formula is C40H51O5PS2. The predicted octanol–water partition coefficient (Wildman–Crippen LogP) is 12.0. The number of hydrogen-bond donors (Lipinski definition) is 0. The zero-order chi connectivity index (χ0) is 33.8. The second-order valence-electron chi connectivity index (χ2n) is 12.1. The smallest absolute Gasteiger partial charge is 0.0459 e. The molecule has 5 rings (SSSR count). The summed E-state index contributed by atoms with van der Waals surface area (Å²) in [6.45, 7) is 9.58. The first-order chi connectivity index (χ1) is 23.5. The Morgan fingerprint density at radius 1 is 0.729 bits per heavy atom. The Hall–Kier alpha value is -2.69. The van der Waals surface area contributed by atoms with Crippen molar-refractivity contribution in [3.05, 3.63) is 66.2 Å². The van der Waals surface area contributed by atoms with E-state index in [0.29, 0.717) is 13.2 Å². The van der Waals surface area contributed by atoms with Gasteiger partial charge in [-0.3, -0.25) is 0 Å². The molecule has 3 heterocycles. The van der Waals surface area contributed by atoms with Gasteiger partial charge in [0.15, 0.2) is 0 Å². The van der Waals surface area contributed by atoms with E-state index in [2.05, 4.69) is 86.4 Å². The monoisotopic (exact) mass is 706 g/mol. The molecule has 48 heavy (non-hydrogen) atoms. The minimum Gasteiger partial charge on any atom is -0.0459 e. The van der Waals surface area contributed by atoms with Crippen LogP contribution in [-0.4, -0.2) is 26.6 Å². The molecule has 258 valence electrons. The van der Waals surface area contributed by atoms with Gasteiger partial charge < -0.3 is 0 Å². The fourth-order valence-corrected chi connectivity index (χ4v) is 11.0. The Kier molecular flexibility index (Phi) is 14.0. The third kappa shape index (κ3) is 9.30. The average Bonchev–Trinajstić information content (AvgIpc) is 3.78. The zero-order valence-corrected chi connectivity index (χ0v) is 31.8. The van der Waals surface area contributed by atoms with Gasteiger partial charge in [-0.25, -0.2) is 0 Å². The van der Waals surface area contributed by atoms with Crippen molar-refractivity contribution in [1.29, 1.82) is 0 Å². The number of rotatable bonds is 18. The van der Waals surface area contributed by atoms with Gasteiger partial charge in [-0.15, -0.1) is 0 Å². The summed E-state index contributed by atoms with van der Waals surface area (Å²) in [5.41, 5.74) is 4.29. The van der Waals surface area contributed by atoms with Crippen LogP contribution in [0.4, 0.5) is 0 Å². The third-order valence-electron chi connectivity index (χ3n) is 8.39. The summed E-state index contributed by atoms with van der Waals surface area (Å²) in [5.74, 6) is 8.37. The van der Waals surface area contributed by atoms with Gasteiger partial charge in [0.1, 0.15) is 0 Å². The van der Waals surface area contributed by atoms with Crippen LogP contribution in [0.15, 0.2) is 60.7 Å². The molecule has 0 atom stereocenters. The zero-order valence-electron chi connectivity index (χ0n) is 29.2. The second kappa shape index (κ2) is 18.3. The van der Waals surface area contributed by atoms with E-state index in [0.717, 1.165) is 61.8 Å². The molecule has 1 aliphatic heterocycles. The van der Waals surface area contributed by atoms with Crippen molar-refractivity contribution in [3.63, 3.8) is 0 Å². The Morgan fingerprint density at radius 3 is 2.08 bits per heavy atom. The van der Waals surface area contributed by atoms with Crippen LogP contribution in [0.1, 0.15) is 97.5 Å². The topological polar surface area (TPSA) is 46.2 Å². The van der Waals surface area contributed by atoms with Crippen molar-refractivity contribution in [3.8, 4) is 54.7 Å². The quantitative estimate of drug-likeness (QED) is 0.0585. The van der Waals surface area contributed by atoms with Crippen LogP contribution >= 0.6 is 30.6 Å². The summed E-state index contributed by atoms with van der Waals surface area (Å²) in [6.07, 6.45) is 11.7. The first kappa shape index (κ1) is 36.6. The van der Waals surface area contributed by atoms with Gasteiger partial charge in [0.2, 0.25) is 0 Å². The van der Waals surface area contributed by atoms with Gasteiger partial charge in [0.25, 0.3) is 0 Å². The molecule has 1 fully saturated rings. The van der Waals surface area contributed by atoms with Crippen LogP contribution in [0.3, 0.4) is 0 Å². The van der Waals surface area contributed by atoms with Crippen LogP contribution in [0.25, 0.3) is 31.3 Å². The van der Waals surface area contributed by atoms with E-state index in [4.69, 9.17) is 23.0 Å². The average molecular weight is 707 g/mol. The summed E-state index contributed by atoms with van der Waals surface area (Å²) in [5, 5.41) is 0. The first-order valence-corrected chi connectivity index (χ1v) is 21.0. The van der Waals surface area contributed by atoms with Crippen molar-refractivity contribution < 1.29 is 23.0 Å². The SMILES string of the molecule is CCCCCCCC#Cc1ccc(-c2ccc(-c3cc(OCCCCCC)c(-c4ccc([PH]5(OCC)OC(C)O5)s4)cc3OC)s2)cc1. The molecule has 0 saturated carbocycles. The Balaban J connectivity index is 1.38. The van der Waals surface area contributed by atoms with Crippen LogP contribution < -0.4 is 14.1 Å². The third-order valence-corrected chi connectivity index (χ3v) is 14.3. The molecule has 5 nitrogen and oxygen atoms in total. The summed E-state index contributed by atoms with van der Waals surface area (Å²) >= 11 is 3.41. The molecule has 2 aromatic heterocycles. The minimum absolute atomic E-state index is 0.243. The first-order valence-electron chi connectivity index (χ1n) is 17.6. The maximum absolute atomic E-state index is 6.53. The van der Waals surface area contributed by atoms with Crippen molar-refractivity contribution in [2.45, 2.75) is 98.2 Å². The Bertz CT molecular complexity index is 1640. The van der Waals surface area contributed by atoms with Gasteiger partial charge in [0, 0.05) is 12.0 Å². The molecule has 0 radical (unpaired) electrons. The fraction of sp³-hybridized carbons (Fsp3) is 0.450. The maximum atomic E-state index is 6.53. The number of ether oxygens (including phenoxy) is 2. The molecule has 8 heteroatoms. The predicted molar refractivity (Wildman–Crippen MR) is 206 cm³/mol. The van der Waals surface area contributed by atoms with E-state index in [1.807, 2.05) is 13.8 Å². The van der Waals surface area contributed by atoms with Crippen molar-refractivity contribution in [1.82, 2.24) is 0 Å². The van der Waals surface area contributed by atoms with E-state index < -0.39 is 7.94 Å². The van der Waals surface area contributed by atoms with Crippen molar-refractivity contribution in [2.24, 2.45) is 0 Å². The molecule has 1 saturated heterocycles. The summed E-state index contributed by atoms with van der Waals surface area (Å²) in [7, 11) is -1.11. The summed E-state index contributed by atoms with van der Waals surface area (Å²) < 4.78 is 31.8. The Labute approximate surface area is 296 Å². The van der Waals surface area contributed by atoms with Gasteiger partial charge in [-0.05, 0) is 18.6 Å². The second-order valence-corrected chi connectivity index (χ2v) is 17.1. The molecule has 0 aliphatic carbocycles. The van der Waals surface area contributed by atoms with Crippen LogP contribution in [-0.2, 0) is 13.6 Å². The number of unbranched alkanes of at least 4 members (excludes halogenated alkanes) is 8. The molecule has 0 spiro atoms. The standard InChI is InChI=1S/C40H51O5PS2/c1-6-9-11-13-14-15-16-18-31-19-21-32(22-20-31)37-23-24-38(47-37)33-29-36(42-27-17-12-10-7-2)34(28-35(33)41-5)39-25-26-40(48-39)46(43-8-3)44-30(4)45-46/h19-26,28-30,46H,6-15,17,27H2,1-5H3. The molecule has 2 aromatic carbocycles. The van der Waals surface area contributed by atoms with Crippen LogP contribution in [0.5, 0.6) is 11.5 Å². The number of benzene rings is 2. The van der Waals surface area contributed by atoms with E-state index in [1.54, 1.807) is 29.8 Å². The van der Waals surface area contributed by atoms with Crippen molar-refractivity contribution in [2.75, 3.05) is 20.3 Å². The van der Waals surface area contributed by atoms with Crippen LogP contribution in [0, 0.1) is 11.8 Å². The van der Waals surface area contributed by atoms with Gasteiger partial charge >= 0.3 is 223 Å². The molecule has 0 amide bonds. The molecule has 0 N–H and O–H groups in total. The number of hydrogen-bond acceptors (Lipinski definition) is 7. The van der Waals surface area contributed by atoms with Gasteiger partial charge in [0.05, 0.1) is 0 Å². The fourth-order valence-electron chi connectivity index (χ4n) is 5.82. The van der Waals surface area contributed by atoms with Crippen LogP contribution in [0.2, 0.25) is 0 Å². The van der Waals surface area contributed by atoms with Gasteiger partial charge in [-0.1, -0.05) is 44.4 Å². The van der Waals surface area contributed by atoms with Crippen molar-refractivity contribution >= 4 is 35.2 Å². The number of methoxy groups -OCH3 is 1. The van der Waals surface area contributed by atoms with E-state index in [9.17, 15) is 0 Å². The minimum atomic E-state index is -2.84. The summed E-state index contributed by atoms with van der Waals surface area (Å²) in [4.78, 5) is 3.41. The van der Waals surface area contributed by atoms with E-state index in [-0.39, 0.29) is 6.29 Å². The molecule has 0 bridgehead atoms. The number of thiophene rings is 2. The molecular weight excluding hydrogens is 656 g/mol. The molecule has 1 aliphatic rings. The summed E-state index contributed by atoms with van der Waals surface area (Å²) in [6, 6.07) is 21.5. The van der Waals surface area contributed by atoms with Gasteiger partial charge in [-0.2, -0.15) is 0 Å². The molecule has 4 aromatic rings. The van der Waals surface area contributed by atoms with E-state index in [1.165, 1.54) is 55.4 Å². The molecule has 0 unspecified atom stereocenters. The normalized spacial score (nSPS) is 15.7.